The molecule has 23 heavy (non-hydrogen) atoms. The molecule has 1 saturated carbocycles. The van der Waals surface area contributed by atoms with E-state index < -0.39 is 9.84 Å². The van der Waals surface area contributed by atoms with Crippen molar-refractivity contribution in [1.82, 2.24) is 9.88 Å². The van der Waals surface area contributed by atoms with E-state index in [2.05, 4.69) is 4.98 Å². The van der Waals surface area contributed by atoms with Crippen LogP contribution in [0, 0.1) is 4.84 Å². The number of rotatable bonds is 3. The minimum Gasteiger partial charge on any atom is -0.429 e. The Balaban J connectivity index is 1.67. The minimum absolute atomic E-state index is 0.0717. The van der Waals surface area contributed by atoms with Gasteiger partial charge in [-0.05, 0) is 49.7 Å². The summed E-state index contributed by atoms with van der Waals surface area (Å²) in [4.78, 5) is 17.9. The van der Waals surface area contributed by atoms with Crippen LogP contribution in [0.4, 0.5) is 0 Å². The smallest absolute Gasteiger partial charge is 0.266 e. The number of fused-ring (bicyclic) bond motifs is 1. The van der Waals surface area contributed by atoms with Crippen molar-refractivity contribution in [2.24, 2.45) is 0 Å². The van der Waals surface area contributed by atoms with Crippen LogP contribution in [0.25, 0.3) is 11.1 Å². The Bertz CT molecular complexity index is 940. The number of amides is 1. The molecule has 1 aromatic carbocycles. The summed E-state index contributed by atoms with van der Waals surface area (Å²) in [5, 5.41) is 0. The Labute approximate surface area is 138 Å². The fourth-order valence-electron chi connectivity index (χ4n) is 3.20. The second-order valence-electron chi connectivity index (χ2n) is 6.23. The van der Waals surface area contributed by atoms with Gasteiger partial charge in [-0.1, -0.05) is 0 Å². The highest BCUT2D eigenvalue weighted by atomic mass is 32.2. The van der Waals surface area contributed by atoms with E-state index in [0.717, 1.165) is 18.4 Å². The molecule has 1 aliphatic heterocycles. The van der Waals surface area contributed by atoms with Gasteiger partial charge in [-0.2, -0.15) is 0 Å². The van der Waals surface area contributed by atoms with Crippen LogP contribution in [0.1, 0.15) is 29.6 Å². The van der Waals surface area contributed by atoms with E-state index >= 15 is 0 Å². The fraction of sp³-hybridized carbons (Fsp3) is 0.467. The molecule has 2 aromatic rings. The van der Waals surface area contributed by atoms with Crippen molar-refractivity contribution in [2.75, 3.05) is 11.5 Å². The summed E-state index contributed by atoms with van der Waals surface area (Å²) >= 11 is 4.95. The number of nitrogens with zero attached hydrogens (tertiary/aromatic N) is 1. The number of H-pyrrole nitrogens is 1. The Kier molecular flexibility index (Phi) is 3.35. The average Bonchev–Trinajstić information content (AvgIpc) is 3.14. The summed E-state index contributed by atoms with van der Waals surface area (Å²) in [6.45, 7) is 0. The first-order chi connectivity index (χ1) is 10.9. The molecule has 0 radical (unpaired) electrons. The Morgan fingerprint density at radius 2 is 2.04 bits per heavy atom. The third-order valence-corrected chi connectivity index (χ3v) is 6.38. The topological polar surface area (TPSA) is 83.4 Å². The van der Waals surface area contributed by atoms with E-state index in [0.29, 0.717) is 17.6 Å². The van der Waals surface area contributed by atoms with Crippen LogP contribution in [-0.4, -0.2) is 47.8 Å². The zero-order valence-electron chi connectivity index (χ0n) is 12.3. The summed E-state index contributed by atoms with van der Waals surface area (Å²) in [7, 11) is -3.02. The lowest BCUT2D eigenvalue weighted by Gasteiger charge is -2.28. The molecular weight excluding hydrogens is 336 g/mol. The van der Waals surface area contributed by atoms with Crippen LogP contribution >= 0.6 is 12.2 Å². The van der Waals surface area contributed by atoms with Crippen LogP contribution in [-0.2, 0) is 9.84 Å². The number of benzene rings is 1. The molecule has 0 unspecified atom stereocenters. The normalized spacial score (nSPS) is 23.2. The van der Waals surface area contributed by atoms with Gasteiger partial charge in [0.1, 0.15) is 0 Å². The second-order valence-corrected chi connectivity index (χ2v) is 8.83. The molecule has 1 saturated heterocycles. The molecule has 8 heteroatoms. The van der Waals surface area contributed by atoms with Crippen LogP contribution in [0.2, 0.25) is 0 Å². The van der Waals surface area contributed by atoms with Crippen molar-refractivity contribution in [3.8, 4) is 0 Å². The summed E-state index contributed by atoms with van der Waals surface area (Å²) in [5.41, 5.74) is 1.79. The van der Waals surface area contributed by atoms with Crippen LogP contribution in [0.15, 0.2) is 22.6 Å². The van der Waals surface area contributed by atoms with Gasteiger partial charge in [-0.15, -0.1) is 0 Å². The number of sulfone groups is 1. The molecule has 2 aliphatic rings. The van der Waals surface area contributed by atoms with Gasteiger partial charge in [0.25, 0.3) is 10.7 Å². The molecule has 0 spiro atoms. The maximum Gasteiger partial charge on any atom is 0.266 e. The Morgan fingerprint density at radius 3 is 2.70 bits per heavy atom. The van der Waals surface area contributed by atoms with Gasteiger partial charge >= 0.3 is 0 Å². The predicted molar refractivity (Wildman–Crippen MR) is 87.6 cm³/mol. The van der Waals surface area contributed by atoms with Gasteiger partial charge in [0.05, 0.1) is 17.0 Å². The third kappa shape index (κ3) is 2.81. The molecule has 1 aromatic heterocycles. The monoisotopic (exact) mass is 352 g/mol. The van der Waals surface area contributed by atoms with E-state index in [1.165, 1.54) is 0 Å². The number of aromatic nitrogens is 1. The van der Waals surface area contributed by atoms with Crippen molar-refractivity contribution in [2.45, 2.75) is 31.3 Å². The molecule has 1 amide bonds. The number of hydrogen-bond donors (Lipinski definition) is 1. The van der Waals surface area contributed by atoms with Gasteiger partial charge in [-0.25, -0.2) is 8.42 Å². The molecular formula is C15H16N2O4S2. The van der Waals surface area contributed by atoms with Crippen molar-refractivity contribution in [3.63, 3.8) is 0 Å². The molecule has 4 rings (SSSR count). The fourth-order valence-corrected chi connectivity index (χ4v) is 5.12. The lowest BCUT2D eigenvalue weighted by Crippen LogP contribution is -2.42. The molecule has 6 nitrogen and oxygen atoms in total. The lowest BCUT2D eigenvalue weighted by atomic mass is 10.1. The first-order valence-electron chi connectivity index (χ1n) is 7.59. The standard InChI is InChI=1S/C15H16N2O4S2/c18-14(9-1-4-12-13(7-9)21-15(22)16-12)17(10-2-3-10)11-5-6-23(19,20)8-11/h1,4,7,10-11H,2-3,5-6,8H2,(H,16,22)/t11-/m0/s1. The van der Waals surface area contributed by atoms with Crippen molar-refractivity contribution >= 4 is 39.1 Å². The first-order valence-corrected chi connectivity index (χ1v) is 9.82. The number of carbonyl (C=O) groups is 1. The summed E-state index contributed by atoms with van der Waals surface area (Å²) < 4.78 is 28.9. The zero-order chi connectivity index (χ0) is 16.2. The maximum atomic E-state index is 12.9. The van der Waals surface area contributed by atoms with Gasteiger partial charge in [-0.3, -0.25) is 4.79 Å². The largest absolute Gasteiger partial charge is 0.429 e. The van der Waals surface area contributed by atoms with Crippen LogP contribution in [0.5, 0.6) is 0 Å². The first kappa shape index (κ1) is 14.9. The highest BCUT2D eigenvalue weighted by molar-refractivity contribution is 7.91. The van der Waals surface area contributed by atoms with Gasteiger partial charge in [0, 0.05) is 17.6 Å². The van der Waals surface area contributed by atoms with Crippen molar-refractivity contribution in [1.29, 1.82) is 0 Å². The number of oxazole rings is 1. The number of hydrogen-bond acceptors (Lipinski definition) is 5. The van der Waals surface area contributed by atoms with E-state index in [4.69, 9.17) is 16.6 Å². The quantitative estimate of drug-likeness (QED) is 0.857. The van der Waals surface area contributed by atoms with Crippen LogP contribution < -0.4 is 0 Å². The molecule has 1 N–H and O–H groups in total. The third-order valence-electron chi connectivity index (χ3n) is 4.44. The number of aromatic amines is 1. The van der Waals surface area contributed by atoms with Gasteiger partial charge in [0.2, 0.25) is 0 Å². The van der Waals surface area contributed by atoms with Crippen molar-refractivity contribution in [3.05, 3.63) is 28.6 Å². The molecule has 1 atom stereocenters. The number of carbonyl (C=O) groups excluding carboxylic acids is 1. The molecule has 0 bridgehead atoms. The SMILES string of the molecule is O=C(c1ccc2[nH]c(=S)oc2c1)N(C1CC1)[C@H]1CCS(=O)(=O)C1. The van der Waals surface area contributed by atoms with E-state index in [1.54, 1.807) is 23.1 Å². The van der Waals surface area contributed by atoms with Crippen LogP contribution in [0.3, 0.4) is 0 Å². The van der Waals surface area contributed by atoms with Gasteiger partial charge in [0.15, 0.2) is 15.4 Å². The van der Waals surface area contributed by atoms with E-state index in [1.807, 2.05) is 0 Å². The molecule has 2 fully saturated rings. The molecule has 1 aliphatic carbocycles. The van der Waals surface area contributed by atoms with Crippen molar-refractivity contribution < 1.29 is 17.6 Å². The number of nitrogens with one attached hydrogen (secondary N) is 1. The Morgan fingerprint density at radius 1 is 1.26 bits per heavy atom. The summed E-state index contributed by atoms with van der Waals surface area (Å²) in [6.07, 6.45) is 2.41. The summed E-state index contributed by atoms with van der Waals surface area (Å²) in [5.74, 6) is 0.112. The van der Waals surface area contributed by atoms with E-state index in [9.17, 15) is 13.2 Å². The summed E-state index contributed by atoms with van der Waals surface area (Å²) in [6, 6.07) is 5.10. The average molecular weight is 352 g/mol. The minimum atomic E-state index is -3.02. The zero-order valence-corrected chi connectivity index (χ0v) is 14.0. The highest BCUT2D eigenvalue weighted by Crippen LogP contribution is 2.33. The predicted octanol–water partition coefficient (Wildman–Crippen LogP) is 2.28. The molecule has 2 heterocycles. The van der Waals surface area contributed by atoms with Gasteiger partial charge < -0.3 is 14.3 Å². The Hall–Kier alpha value is -1.67. The molecule has 122 valence electrons. The second kappa shape index (κ2) is 5.17. The highest BCUT2D eigenvalue weighted by Gasteiger charge is 2.42. The lowest BCUT2D eigenvalue weighted by molar-refractivity contribution is 0.0681. The maximum absolute atomic E-state index is 12.9. The van der Waals surface area contributed by atoms with E-state index in [-0.39, 0.29) is 34.3 Å².